The van der Waals surface area contributed by atoms with Crippen LogP contribution in [-0.4, -0.2) is 142 Å². The number of hydrogen-bond donors (Lipinski definition) is 10. The lowest BCUT2D eigenvalue weighted by molar-refractivity contribution is -0.296. The smallest absolute Gasteiger partial charge is 0.317 e. The standard InChI is InChI=1S/C30H34O18/c31-9-18-22(37)24(39)26(41)29(47-18)44-13-5-15(33)14-7-17(28(45-16(14)6-13)11-1-3-12(32)4-2-11)46-30-27(42)25(40)23(38)19(48-30)10-43-21(36)8-20(34)35/h1-7,18-19,22-33,37-42H,8-10H2,(H,34,35)/p+1. The highest BCUT2D eigenvalue weighted by molar-refractivity contribution is 5.90. The number of carboxylic acid groups (broad SMARTS) is 1. The van der Waals surface area contributed by atoms with Crippen LogP contribution in [0.1, 0.15) is 23.7 Å². The molecule has 3 aliphatic heterocycles. The number of aliphatic hydroxyl groups excluding tert-OH is 7. The molecule has 18 heteroatoms. The summed E-state index contributed by atoms with van der Waals surface area (Å²) in [5.41, 5.74) is 0.501. The maximum absolute atomic E-state index is 11.7. The molecule has 3 heterocycles. The van der Waals surface area contributed by atoms with E-state index < -0.39 is 105 Å². The Labute approximate surface area is 270 Å². The summed E-state index contributed by atoms with van der Waals surface area (Å²) in [7, 11) is 0. The lowest BCUT2D eigenvalue weighted by atomic mass is 9.98. The lowest BCUT2D eigenvalue weighted by Gasteiger charge is -2.40. The van der Waals surface area contributed by atoms with Gasteiger partial charge in [0.05, 0.1) is 18.2 Å². The minimum absolute atomic E-state index is 0.0552. The first-order valence-electron chi connectivity index (χ1n) is 14.6. The molecule has 11 N–H and O–H groups in total. The fourth-order valence-corrected chi connectivity index (χ4v) is 5.27. The van der Waals surface area contributed by atoms with Crippen molar-refractivity contribution < 1.29 is 89.1 Å². The molecule has 11 unspecified atom stereocenters. The Balaban J connectivity index is 1.42. The molecule has 2 aromatic rings. The first-order chi connectivity index (χ1) is 22.8. The zero-order valence-corrected chi connectivity index (χ0v) is 24.8. The quantitative estimate of drug-likeness (QED) is 0.0701. The molecule has 0 bridgehead atoms. The van der Waals surface area contributed by atoms with Crippen molar-refractivity contribution in [2.24, 2.45) is 0 Å². The molecule has 18 nitrogen and oxygen atoms in total. The summed E-state index contributed by atoms with van der Waals surface area (Å²) in [5, 5.41) is 101. The van der Waals surface area contributed by atoms with Gasteiger partial charge in [0.1, 0.15) is 84.7 Å². The monoisotopic (exact) mass is 683 g/mol. The fraction of sp³-hybridized carbons (Fsp3) is 0.467. The highest BCUT2D eigenvalue weighted by Crippen LogP contribution is 2.46. The van der Waals surface area contributed by atoms with Crippen molar-refractivity contribution >= 4 is 18.0 Å². The number of phenols is 2. The first-order valence-corrected chi connectivity index (χ1v) is 14.6. The predicted molar refractivity (Wildman–Crippen MR) is 154 cm³/mol. The van der Waals surface area contributed by atoms with Crippen LogP contribution in [0, 0.1) is 0 Å². The van der Waals surface area contributed by atoms with Crippen LogP contribution in [0.3, 0.4) is 0 Å². The zero-order valence-electron chi connectivity index (χ0n) is 24.8. The van der Waals surface area contributed by atoms with E-state index in [9.17, 15) is 55.5 Å². The van der Waals surface area contributed by atoms with E-state index in [-0.39, 0.29) is 28.6 Å². The molecule has 3 aliphatic rings. The number of rotatable bonds is 10. The molecule has 2 fully saturated rings. The summed E-state index contributed by atoms with van der Waals surface area (Å²) in [6, 6.07) is 8.20. The van der Waals surface area contributed by atoms with Gasteiger partial charge in [-0.15, -0.1) is 0 Å². The van der Waals surface area contributed by atoms with Crippen LogP contribution in [0.25, 0.3) is 6.08 Å². The Morgan fingerprint density at radius 1 is 0.792 bits per heavy atom. The number of ether oxygens (including phenoxy) is 6. The number of esters is 1. The fourth-order valence-electron chi connectivity index (χ4n) is 5.27. The summed E-state index contributed by atoms with van der Waals surface area (Å²) < 4.78 is 32.0. The summed E-state index contributed by atoms with van der Waals surface area (Å²) in [6.07, 6.45) is -17.2. The van der Waals surface area contributed by atoms with Crippen molar-refractivity contribution in [3.63, 3.8) is 0 Å². The highest BCUT2D eigenvalue weighted by atomic mass is 16.7. The van der Waals surface area contributed by atoms with Gasteiger partial charge >= 0.3 is 11.9 Å². The third kappa shape index (κ3) is 7.41. The van der Waals surface area contributed by atoms with Crippen molar-refractivity contribution in [1.82, 2.24) is 0 Å². The summed E-state index contributed by atoms with van der Waals surface area (Å²) in [5.74, 6) is -3.12. The summed E-state index contributed by atoms with van der Waals surface area (Å²) >= 11 is 0. The van der Waals surface area contributed by atoms with Crippen LogP contribution in [0.15, 0.2) is 42.2 Å². The molecule has 2 saturated heterocycles. The number of aromatic hydroxyl groups is 3. The number of aliphatic hydroxyl groups is 8. The molecule has 11 atom stereocenters. The molecular formula is C30H35O18+. The van der Waals surface area contributed by atoms with E-state index in [4.69, 9.17) is 28.8 Å². The topological polar surface area (TPSA) is 295 Å². The Hall–Kier alpha value is -4.24. The average molecular weight is 684 g/mol. The number of fused-ring (bicyclic) bond motifs is 1. The number of hydrogen-bond acceptors (Lipinski definition) is 16. The van der Waals surface area contributed by atoms with E-state index in [1.807, 2.05) is 0 Å². The lowest BCUT2D eigenvalue weighted by Crippen LogP contribution is -2.60. The summed E-state index contributed by atoms with van der Waals surface area (Å²) in [6.45, 7) is -1.38. The number of carbonyl (C=O) groups is 2. The first kappa shape index (κ1) is 35.1. The van der Waals surface area contributed by atoms with E-state index in [1.165, 1.54) is 36.4 Å². The average Bonchev–Trinajstić information content (AvgIpc) is 3.04. The van der Waals surface area contributed by atoms with Crippen LogP contribution < -0.4 is 4.74 Å². The molecular weight excluding hydrogens is 648 g/mol. The van der Waals surface area contributed by atoms with E-state index in [0.717, 1.165) is 6.07 Å². The van der Waals surface area contributed by atoms with Gasteiger partial charge in [0.15, 0.2) is 5.76 Å². The van der Waals surface area contributed by atoms with Crippen molar-refractivity contribution in [3.8, 4) is 23.0 Å². The normalized spacial score (nSPS) is 33.1. The van der Waals surface area contributed by atoms with Crippen molar-refractivity contribution in [3.05, 3.63) is 53.3 Å². The number of carboxylic acids is 1. The minimum atomic E-state index is -1.86. The maximum Gasteiger partial charge on any atom is 0.317 e. The number of phenolic OH excluding ortho intramolecular Hbond substituents is 2. The predicted octanol–water partition coefficient (Wildman–Crippen LogP) is -2.54. The molecule has 0 radical (unpaired) electrons. The Kier molecular flexibility index (Phi) is 10.6. The number of carbonyl (C=O) groups excluding carboxylic acids is 1. The van der Waals surface area contributed by atoms with Gasteiger partial charge < -0.3 is 79.5 Å². The molecule has 0 spiro atoms. The Morgan fingerprint density at radius 2 is 1.40 bits per heavy atom. The highest BCUT2D eigenvalue weighted by Gasteiger charge is 2.48. The molecule has 2 aromatic carbocycles. The van der Waals surface area contributed by atoms with E-state index in [2.05, 4.69) is 4.74 Å². The van der Waals surface area contributed by atoms with Crippen LogP contribution in [0.5, 0.6) is 23.0 Å². The molecule has 0 aliphatic carbocycles. The molecule has 0 saturated carbocycles. The van der Waals surface area contributed by atoms with Crippen LogP contribution in [0.4, 0.5) is 0 Å². The van der Waals surface area contributed by atoms with Crippen molar-refractivity contribution in [2.75, 3.05) is 13.2 Å². The van der Waals surface area contributed by atoms with Crippen LogP contribution >= 0.6 is 0 Å². The second-order valence-corrected chi connectivity index (χ2v) is 11.2. The van der Waals surface area contributed by atoms with E-state index in [1.54, 1.807) is 0 Å². The molecule has 5 rings (SSSR count). The number of benzene rings is 2. The molecule has 48 heavy (non-hydrogen) atoms. The van der Waals surface area contributed by atoms with Gasteiger partial charge in [0, 0.05) is 12.1 Å². The van der Waals surface area contributed by atoms with Gasteiger partial charge in [-0.3, -0.25) is 9.59 Å². The zero-order chi connectivity index (χ0) is 34.9. The van der Waals surface area contributed by atoms with Crippen LogP contribution in [-0.2, 0) is 28.5 Å². The third-order valence-electron chi connectivity index (χ3n) is 7.87. The molecule has 0 aromatic heterocycles. The number of aliphatic carboxylic acids is 1. The second-order valence-electron chi connectivity index (χ2n) is 11.2. The van der Waals surface area contributed by atoms with Crippen molar-refractivity contribution in [2.45, 2.75) is 73.9 Å². The minimum Gasteiger partial charge on any atom is -0.571 e. The Bertz CT molecular complexity index is 1490. The SMILES string of the molecule is O=C(O)CC(=O)OCC1OC(OC2=Cc3c(O)cc(OC4OC(CO)C(O)C(O)C4O)cc3[OH+]C2c2ccc(O)cc2)C(O)C(O)C1O. The third-order valence-corrected chi connectivity index (χ3v) is 7.87. The van der Waals surface area contributed by atoms with Crippen molar-refractivity contribution in [1.29, 1.82) is 0 Å². The van der Waals surface area contributed by atoms with Gasteiger partial charge in [0.2, 0.25) is 12.6 Å². The Morgan fingerprint density at radius 3 is 2.02 bits per heavy atom. The second kappa shape index (κ2) is 14.5. The van der Waals surface area contributed by atoms with Crippen LogP contribution in [0.2, 0.25) is 0 Å². The van der Waals surface area contributed by atoms with E-state index in [0.29, 0.717) is 5.56 Å². The summed E-state index contributed by atoms with van der Waals surface area (Å²) in [4.78, 5) is 22.5. The van der Waals surface area contributed by atoms with Gasteiger partial charge in [-0.25, -0.2) is 0 Å². The molecule has 262 valence electrons. The van der Waals surface area contributed by atoms with Gasteiger partial charge in [0.25, 0.3) is 11.9 Å². The van der Waals surface area contributed by atoms with Gasteiger partial charge in [-0.1, -0.05) is 0 Å². The van der Waals surface area contributed by atoms with E-state index >= 15 is 0 Å². The maximum atomic E-state index is 11.7. The largest absolute Gasteiger partial charge is 0.571 e. The van der Waals surface area contributed by atoms with Gasteiger partial charge in [-0.2, -0.15) is 0 Å². The molecule has 0 amide bonds. The van der Waals surface area contributed by atoms with Gasteiger partial charge in [-0.05, 0) is 24.3 Å².